The van der Waals surface area contributed by atoms with E-state index in [4.69, 9.17) is 4.74 Å². The molecule has 1 fully saturated rings. The Morgan fingerprint density at radius 3 is 2.64 bits per heavy atom. The Hall–Kier alpha value is -2.73. The van der Waals surface area contributed by atoms with Crippen molar-refractivity contribution < 1.29 is 9.53 Å². The van der Waals surface area contributed by atoms with Crippen LogP contribution in [0.25, 0.3) is 0 Å². The number of ether oxygens (including phenoxy) is 1. The molecule has 1 aromatic carbocycles. The van der Waals surface area contributed by atoms with Crippen LogP contribution in [0.5, 0.6) is 0 Å². The second kappa shape index (κ2) is 10.0. The summed E-state index contributed by atoms with van der Waals surface area (Å²) in [6.07, 6.45) is 3.78. The first-order chi connectivity index (χ1) is 15.8. The number of nitrogens with zero attached hydrogens (tertiary/aromatic N) is 4. The number of halogens is 1. The number of benzene rings is 1. The van der Waals surface area contributed by atoms with Gasteiger partial charge in [0.25, 0.3) is 0 Å². The third-order valence-corrected chi connectivity index (χ3v) is 6.69. The molecule has 1 aliphatic heterocycles. The van der Waals surface area contributed by atoms with Crippen LogP contribution in [0.2, 0.25) is 0 Å². The third-order valence-electron chi connectivity index (χ3n) is 5.90. The quantitative estimate of drug-likeness (QED) is 0.298. The lowest BCUT2D eigenvalue weighted by Crippen LogP contribution is -2.30. The van der Waals surface area contributed by atoms with Crippen molar-refractivity contribution in [3.63, 3.8) is 0 Å². The van der Waals surface area contributed by atoms with Gasteiger partial charge in [-0.05, 0) is 92.5 Å². The van der Waals surface area contributed by atoms with Crippen LogP contribution < -0.4 is 10.6 Å². The fourth-order valence-electron chi connectivity index (χ4n) is 4.05. The van der Waals surface area contributed by atoms with Gasteiger partial charge in [0.1, 0.15) is 0 Å². The number of aromatic amines is 1. The molecule has 0 radical (unpaired) electrons. The predicted molar refractivity (Wildman–Crippen MR) is 137 cm³/mol. The standard InChI is InChI=1S/C23H28IN7O2/c1-13-9-16(15-5-7-31(3)8-6-15)17(22(32)33-4)11-19(13)26-23-25-12-18(24)21(28-23)27-20-10-14(2)29-30-20/h9-12,15H,5-8H2,1-4H3,(H3,25,26,27,28,29,30). The van der Waals surface area contributed by atoms with Gasteiger partial charge in [0.15, 0.2) is 11.6 Å². The normalized spacial score (nSPS) is 14.8. The lowest BCUT2D eigenvalue weighted by molar-refractivity contribution is 0.0598. The van der Waals surface area contributed by atoms with Gasteiger partial charge in [-0.1, -0.05) is 6.07 Å². The maximum atomic E-state index is 12.6. The number of carbonyl (C=O) groups excluding carboxylic acids is 1. The van der Waals surface area contributed by atoms with Crippen molar-refractivity contribution in [3.05, 3.63) is 50.4 Å². The van der Waals surface area contributed by atoms with Gasteiger partial charge in [0.05, 0.1) is 16.2 Å². The van der Waals surface area contributed by atoms with E-state index in [0.717, 1.165) is 52.0 Å². The van der Waals surface area contributed by atoms with E-state index in [0.29, 0.717) is 29.1 Å². The molecular formula is C23H28IN7O2. The molecule has 0 aliphatic carbocycles. The molecule has 174 valence electrons. The smallest absolute Gasteiger partial charge is 0.338 e. The van der Waals surface area contributed by atoms with Gasteiger partial charge in [-0.3, -0.25) is 5.10 Å². The molecule has 3 N–H and O–H groups in total. The number of carbonyl (C=O) groups is 1. The van der Waals surface area contributed by atoms with Crippen LogP contribution in [0.15, 0.2) is 24.4 Å². The van der Waals surface area contributed by atoms with Crippen LogP contribution >= 0.6 is 22.6 Å². The lowest BCUT2D eigenvalue weighted by Gasteiger charge is -2.30. The van der Waals surface area contributed by atoms with Crippen LogP contribution in [0, 0.1) is 17.4 Å². The van der Waals surface area contributed by atoms with Crippen LogP contribution in [0.1, 0.15) is 45.9 Å². The fraction of sp³-hybridized carbons (Fsp3) is 0.391. The summed E-state index contributed by atoms with van der Waals surface area (Å²) in [6.45, 7) is 6.01. The molecule has 10 heteroatoms. The second-order valence-corrected chi connectivity index (χ2v) is 9.56. The molecule has 33 heavy (non-hydrogen) atoms. The summed E-state index contributed by atoms with van der Waals surface area (Å²) in [7, 11) is 3.55. The topological polar surface area (TPSA) is 108 Å². The number of piperidine rings is 1. The van der Waals surface area contributed by atoms with Gasteiger partial charge in [0, 0.05) is 23.6 Å². The summed E-state index contributed by atoms with van der Waals surface area (Å²) < 4.78 is 5.97. The Morgan fingerprint density at radius 2 is 1.97 bits per heavy atom. The van der Waals surface area contributed by atoms with Crippen molar-refractivity contribution in [1.82, 2.24) is 25.1 Å². The molecule has 1 aliphatic rings. The molecular weight excluding hydrogens is 533 g/mol. The first-order valence-corrected chi connectivity index (χ1v) is 11.9. The number of likely N-dealkylation sites (tertiary alicyclic amines) is 1. The van der Waals surface area contributed by atoms with Gasteiger partial charge >= 0.3 is 5.97 Å². The second-order valence-electron chi connectivity index (χ2n) is 8.40. The predicted octanol–water partition coefficient (Wildman–Crippen LogP) is 4.50. The number of aromatic nitrogens is 4. The Kier molecular flexibility index (Phi) is 7.13. The molecule has 1 saturated heterocycles. The van der Waals surface area contributed by atoms with Gasteiger partial charge < -0.3 is 20.3 Å². The van der Waals surface area contributed by atoms with Crippen molar-refractivity contribution in [1.29, 1.82) is 0 Å². The monoisotopic (exact) mass is 561 g/mol. The number of H-pyrrole nitrogens is 1. The Morgan fingerprint density at radius 1 is 1.21 bits per heavy atom. The number of esters is 1. The van der Waals surface area contributed by atoms with Gasteiger partial charge in [-0.2, -0.15) is 10.1 Å². The summed E-state index contributed by atoms with van der Waals surface area (Å²) in [4.78, 5) is 24.0. The summed E-state index contributed by atoms with van der Waals surface area (Å²) >= 11 is 2.18. The number of anilines is 4. The van der Waals surface area contributed by atoms with Gasteiger partial charge in [-0.15, -0.1) is 0 Å². The molecule has 4 rings (SSSR count). The van der Waals surface area contributed by atoms with Crippen LogP contribution in [0.3, 0.4) is 0 Å². The number of nitrogens with one attached hydrogen (secondary N) is 3. The lowest BCUT2D eigenvalue weighted by atomic mass is 9.85. The van der Waals surface area contributed by atoms with Crippen molar-refractivity contribution >= 4 is 51.8 Å². The average molecular weight is 561 g/mol. The Bertz CT molecular complexity index is 1160. The van der Waals surface area contributed by atoms with E-state index < -0.39 is 0 Å². The molecule has 3 aromatic rings. The van der Waals surface area contributed by atoms with Crippen molar-refractivity contribution in [2.75, 3.05) is 37.9 Å². The zero-order valence-corrected chi connectivity index (χ0v) is 21.4. The van der Waals surface area contributed by atoms with E-state index in [-0.39, 0.29) is 5.97 Å². The van der Waals surface area contributed by atoms with Crippen LogP contribution in [0.4, 0.5) is 23.3 Å². The SMILES string of the molecule is COC(=O)c1cc(Nc2ncc(I)c(Nc3cc(C)[nH]n3)n2)c(C)cc1C1CCN(C)CC1. The maximum absolute atomic E-state index is 12.6. The summed E-state index contributed by atoms with van der Waals surface area (Å²) in [5.74, 6) is 1.77. The fourth-order valence-corrected chi connectivity index (χ4v) is 4.44. The zero-order chi connectivity index (χ0) is 23.5. The van der Waals surface area contributed by atoms with E-state index >= 15 is 0 Å². The minimum atomic E-state index is -0.327. The minimum absolute atomic E-state index is 0.327. The highest BCUT2D eigenvalue weighted by molar-refractivity contribution is 14.1. The number of rotatable bonds is 6. The van der Waals surface area contributed by atoms with Gasteiger partial charge in [0.2, 0.25) is 5.95 Å². The highest BCUT2D eigenvalue weighted by Gasteiger charge is 2.25. The number of hydrogen-bond acceptors (Lipinski definition) is 8. The first-order valence-electron chi connectivity index (χ1n) is 10.8. The van der Waals surface area contributed by atoms with Crippen molar-refractivity contribution in [3.8, 4) is 0 Å². The molecule has 0 bridgehead atoms. The van der Waals surface area contributed by atoms with Crippen LogP contribution in [-0.2, 0) is 4.74 Å². The summed E-state index contributed by atoms with van der Waals surface area (Å²) in [5.41, 5.74) is 4.40. The van der Waals surface area contributed by atoms with E-state index in [2.05, 4.69) is 71.4 Å². The van der Waals surface area contributed by atoms with E-state index in [1.807, 2.05) is 26.0 Å². The number of hydrogen-bond donors (Lipinski definition) is 3. The van der Waals surface area contributed by atoms with Crippen LogP contribution in [-0.4, -0.2) is 58.3 Å². The summed E-state index contributed by atoms with van der Waals surface area (Å²) in [5, 5.41) is 13.6. The van der Waals surface area contributed by atoms with E-state index in [1.165, 1.54) is 7.11 Å². The average Bonchev–Trinajstić information content (AvgIpc) is 3.21. The third kappa shape index (κ3) is 5.44. The highest BCUT2D eigenvalue weighted by atomic mass is 127. The van der Waals surface area contributed by atoms with Crippen molar-refractivity contribution in [2.24, 2.45) is 0 Å². The molecule has 0 amide bonds. The molecule has 0 saturated carbocycles. The largest absolute Gasteiger partial charge is 0.465 e. The minimum Gasteiger partial charge on any atom is -0.465 e. The Labute approximate surface area is 206 Å². The van der Waals surface area contributed by atoms with Gasteiger partial charge in [-0.25, -0.2) is 9.78 Å². The Balaban J connectivity index is 1.62. The molecule has 3 heterocycles. The molecule has 9 nitrogen and oxygen atoms in total. The molecule has 0 unspecified atom stereocenters. The first kappa shape index (κ1) is 23.4. The summed E-state index contributed by atoms with van der Waals surface area (Å²) in [6, 6.07) is 5.86. The maximum Gasteiger partial charge on any atom is 0.338 e. The molecule has 0 atom stereocenters. The van der Waals surface area contributed by atoms with E-state index in [1.54, 1.807) is 6.20 Å². The van der Waals surface area contributed by atoms with Crippen molar-refractivity contribution in [2.45, 2.75) is 32.6 Å². The van der Waals surface area contributed by atoms with E-state index in [9.17, 15) is 4.79 Å². The zero-order valence-electron chi connectivity index (χ0n) is 19.2. The number of aryl methyl sites for hydroxylation is 2. The number of methoxy groups -OCH3 is 1. The highest BCUT2D eigenvalue weighted by Crippen LogP contribution is 2.34. The molecule has 0 spiro atoms. The molecule has 2 aromatic heterocycles.